The third kappa shape index (κ3) is 3.70. The summed E-state index contributed by atoms with van der Waals surface area (Å²) in [6, 6.07) is 9.88. The average molecular weight is 399 g/mol. The second kappa shape index (κ2) is 6.79. The molecule has 8 heteroatoms. The number of nitrogens with zero attached hydrogens (tertiary/aromatic N) is 2. The third-order valence-electron chi connectivity index (χ3n) is 5.21. The zero-order valence-corrected chi connectivity index (χ0v) is 16.3. The molecule has 0 spiro atoms. The average Bonchev–Trinajstić information content (AvgIpc) is 3.38. The fraction of sp³-hybridized carbons (Fsp3) is 0.350. The monoisotopic (exact) mass is 399 g/mol. The van der Waals surface area contributed by atoms with Crippen molar-refractivity contribution >= 4 is 21.8 Å². The van der Waals surface area contributed by atoms with Crippen LogP contribution in [0.15, 0.2) is 47.5 Å². The van der Waals surface area contributed by atoms with Crippen LogP contribution in [0.25, 0.3) is 0 Å². The highest BCUT2D eigenvalue weighted by atomic mass is 32.2. The molecule has 2 aromatic rings. The highest BCUT2D eigenvalue weighted by molar-refractivity contribution is 7.89. The maximum Gasteiger partial charge on any atom is 0.260 e. The van der Waals surface area contributed by atoms with Crippen LogP contribution in [-0.2, 0) is 27.7 Å². The van der Waals surface area contributed by atoms with Gasteiger partial charge < -0.3 is 0 Å². The molecule has 1 fully saturated rings. The normalized spacial score (nSPS) is 18.1. The summed E-state index contributed by atoms with van der Waals surface area (Å²) in [4.78, 5) is 30.8. The summed E-state index contributed by atoms with van der Waals surface area (Å²) >= 11 is 0. The predicted octanol–water partition coefficient (Wildman–Crippen LogP) is 1.68. The smallest absolute Gasteiger partial charge is 0.260 e. The van der Waals surface area contributed by atoms with E-state index in [-0.39, 0.29) is 29.3 Å². The molecule has 7 nitrogen and oxygen atoms in total. The van der Waals surface area contributed by atoms with Crippen LogP contribution in [-0.4, -0.2) is 42.2 Å². The minimum absolute atomic E-state index is 0.0479. The lowest BCUT2D eigenvalue weighted by Crippen LogP contribution is -2.43. The number of amides is 2. The maximum atomic E-state index is 12.9. The number of rotatable bonds is 6. The van der Waals surface area contributed by atoms with Crippen LogP contribution >= 0.6 is 0 Å². The van der Waals surface area contributed by atoms with Crippen LogP contribution < -0.4 is 4.72 Å². The number of imide groups is 1. The van der Waals surface area contributed by atoms with E-state index in [1.54, 1.807) is 18.3 Å². The van der Waals surface area contributed by atoms with E-state index in [2.05, 4.69) is 9.71 Å². The van der Waals surface area contributed by atoms with Crippen molar-refractivity contribution in [2.75, 3.05) is 6.54 Å². The molecule has 0 atom stereocenters. The number of fused-ring (bicyclic) bond motifs is 1. The molecule has 1 saturated carbocycles. The molecule has 1 aromatic heterocycles. The summed E-state index contributed by atoms with van der Waals surface area (Å²) in [5.41, 5.74) is 1.21. The van der Waals surface area contributed by atoms with Gasteiger partial charge in [-0.3, -0.25) is 19.5 Å². The fourth-order valence-corrected chi connectivity index (χ4v) is 4.76. The van der Waals surface area contributed by atoms with Crippen molar-refractivity contribution < 1.29 is 18.0 Å². The van der Waals surface area contributed by atoms with Gasteiger partial charge in [0.15, 0.2) is 0 Å². The first-order chi connectivity index (χ1) is 13.3. The number of nitrogens with one attached hydrogen (secondary N) is 1. The van der Waals surface area contributed by atoms with Crippen LogP contribution in [0.4, 0.5) is 0 Å². The molecule has 2 heterocycles. The van der Waals surface area contributed by atoms with Gasteiger partial charge >= 0.3 is 0 Å². The molecule has 1 aliphatic carbocycles. The van der Waals surface area contributed by atoms with Crippen LogP contribution in [0.2, 0.25) is 0 Å². The second-order valence-corrected chi connectivity index (χ2v) is 9.27. The van der Waals surface area contributed by atoms with Gasteiger partial charge in [0, 0.05) is 36.0 Å². The van der Waals surface area contributed by atoms with Crippen molar-refractivity contribution in [2.45, 2.75) is 43.0 Å². The van der Waals surface area contributed by atoms with Crippen LogP contribution in [0.3, 0.4) is 0 Å². The van der Waals surface area contributed by atoms with Gasteiger partial charge in [-0.2, -0.15) is 0 Å². The molecule has 1 aliphatic heterocycles. The van der Waals surface area contributed by atoms with Crippen LogP contribution in [0.1, 0.15) is 41.4 Å². The Balaban J connectivity index is 1.57. The third-order valence-corrected chi connectivity index (χ3v) is 6.84. The Morgan fingerprint density at radius 2 is 1.96 bits per heavy atom. The molecule has 4 rings (SSSR count). The quantitative estimate of drug-likeness (QED) is 0.746. The van der Waals surface area contributed by atoms with Gasteiger partial charge in [0.25, 0.3) is 5.91 Å². The zero-order chi connectivity index (χ0) is 19.9. The Hall–Kier alpha value is -2.58. The highest BCUT2D eigenvalue weighted by Crippen LogP contribution is 2.36. The largest absolute Gasteiger partial charge is 0.278 e. The van der Waals surface area contributed by atoms with E-state index < -0.39 is 21.5 Å². The summed E-state index contributed by atoms with van der Waals surface area (Å²) < 4.78 is 27.9. The molecular formula is C20H21N3O4S. The molecular weight excluding hydrogens is 378 g/mol. The van der Waals surface area contributed by atoms with Crippen molar-refractivity contribution in [1.29, 1.82) is 0 Å². The molecule has 2 amide bonds. The van der Waals surface area contributed by atoms with E-state index in [4.69, 9.17) is 0 Å². The molecule has 0 bridgehead atoms. The van der Waals surface area contributed by atoms with E-state index in [1.165, 1.54) is 17.0 Å². The van der Waals surface area contributed by atoms with Crippen LogP contribution in [0, 0.1) is 0 Å². The van der Waals surface area contributed by atoms with E-state index in [0.717, 1.165) is 18.5 Å². The number of carbonyl (C=O) groups is 2. The Morgan fingerprint density at radius 1 is 1.18 bits per heavy atom. The van der Waals surface area contributed by atoms with Crippen molar-refractivity contribution in [1.82, 2.24) is 14.6 Å². The van der Waals surface area contributed by atoms with Crippen LogP contribution in [0.5, 0.6) is 0 Å². The molecule has 0 saturated heterocycles. The first-order valence-electron chi connectivity index (χ1n) is 9.19. The fourth-order valence-electron chi connectivity index (χ4n) is 3.26. The van der Waals surface area contributed by atoms with Gasteiger partial charge in [0.1, 0.15) is 0 Å². The molecule has 1 N–H and O–H groups in total. The predicted molar refractivity (Wildman–Crippen MR) is 102 cm³/mol. The van der Waals surface area contributed by atoms with E-state index in [0.29, 0.717) is 12.0 Å². The summed E-state index contributed by atoms with van der Waals surface area (Å²) in [6.45, 7) is 2.06. The Bertz CT molecular complexity index is 1050. The first kappa shape index (κ1) is 18.8. The van der Waals surface area contributed by atoms with E-state index in [9.17, 15) is 18.0 Å². The number of sulfonamides is 1. The van der Waals surface area contributed by atoms with Crippen molar-refractivity contribution in [2.24, 2.45) is 0 Å². The number of hydrogen-bond acceptors (Lipinski definition) is 5. The highest BCUT2D eigenvalue weighted by Gasteiger charge is 2.41. The summed E-state index contributed by atoms with van der Waals surface area (Å²) in [7, 11) is -3.71. The summed E-state index contributed by atoms with van der Waals surface area (Å²) in [6.07, 6.45) is 3.78. The number of carbonyl (C=O) groups excluding carboxylic acids is 2. The lowest BCUT2D eigenvalue weighted by molar-refractivity contribution is -0.128. The topological polar surface area (TPSA) is 96.4 Å². The van der Waals surface area contributed by atoms with Gasteiger partial charge in [0.05, 0.1) is 11.3 Å². The standard InChI is InChI=1S/C20H21N3O4S/c1-20(8-9-20)22-28(26,27)16-6-5-14-12-18(24)23(19(25)17(14)13-16)11-7-15-4-2-3-10-21-15/h2-6,10,13,22H,7-9,11-12H2,1H3. The SMILES string of the molecule is CC1(NS(=O)(=O)c2ccc3c(c2)C(=O)N(CCc2ccccn2)C(=O)C3)CC1. The number of aromatic nitrogens is 1. The molecule has 2 aliphatic rings. The number of benzene rings is 1. The van der Waals surface area contributed by atoms with Gasteiger partial charge in [-0.05, 0) is 49.6 Å². The van der Waals surface area contributed by atoms with Crippen molar-refractivity contribution in [3.8, 4) is 0 Å². The molecule has 0 unspecified atom stereocenters. The maximum absolute atomic E-state index is 12.9. The van der Waals surface area contributed by atoms with Crippen molar-refractivity contribution in [3.63, 3.8) is 0 Å². The Morgan fingerprint density at radius 3 is 2.64 bits per heavy atom. The van der Waals surface area contributed by atoms with Crippen molar-refractivity contribution in [3.05, 3.63) is 59.4 Å². The first-order valence-corrected chi connectivity index (χ1v) is 10.7. The Labute approximate surface area is 163 Å². The molecule has 0 radical (unpaired) electrons. The molecule has 1 aromatic carbocycles. The van der Waals surface area contributed by atoms with Gasteiger partial charge in [-0.25, -0.2) is 13.1 Å². The number of hydrogen-bond donors (Lipinski definition) is 1. The lowest BCUT2D eigenvalue weighted by Gasteiger charge is -2.27. The lowest BCUT2D eigenvalue weighted by atomic mass is 9.98. The number of pyridine rings is 1. The van der Waals surface area contributed by atoms with E-state index >= 15 is 0 Å². The minimum Gasteiger partial charge on any atom is -0.278 e. The van der Waals surface area contributed by atoms with Gasteiger partial charge in [0.2, 0.25) is 15.9 Å². The van der Waals surface area contributed by atoms with Gasteiger partial charge in [-0.15, -0.1) is 0 Å². The summed E-state index contributed by atoms with van der Waals surface area (Å²) in [5.74, 6) is -0.746. The second-order valence-electron chi connectivity index (χ2n) is 7.58. The molecule has 28 heavy (non-hydrogen) atoms. The minimum atomic E-state index is -3.71. The molecule has 146 valence electrons. The van der Waals surface area contributed by atoms with E-state index in [1.807, 2.05) is 19.1 Å². The summed E-state index contributed by atoms with van der Waals surface area (Å²) in [5, 5.41) is 0. The van der Waals surface area contributed by atoms with Gasteiger partial charge in [-0.1, -0.05) is 12.1 Å². The zero-order valence-electron chi connectivity index (χ0n) is 15.5. The Kier molecular flexibility index (Phi) is 4.55.